The Kier molecular flexibility index (Phi) is 4.56. The second-order valence-corrected chi connectivity index (χ2v) is 3.94. The van der Waals surface area contributed by atoms with Gasteiger partial charge in [0.2, 0.25) is 0 Å². The van der Waals surface area contributed by atoms with E-state index in [0.717, 1.165) is 12.9 Å². The molecule has 0 bridgehead atoms. The van der Waals surface area contributed by atoms with Crippen LogP contribution in [-0.4, -0.2) is 26.3 Å². The predicted molar refractivity (Wildman–Crippen MR) is 58.9 cm³/mol. The highest BCUT2D eigenvalue weighted by atomic mass is 14.8. The van der Waals surface area contributed by atoms with E-state index in [-0.39, 0.29) is 5.31 Å². The molecule has 0 fully saturated rings. The van der Waals surface area contributed by atoms with Crippen molar-refractivity contribution in [2.75, 3.05) is 7.05 Å². The molecule has 2 nitrogen and oxygen atoms in total. The van der Waals surface area contributed by atoms with Gasteiger partial charge in [-0.05, 0) is 0 Å². The van der Waals surface area contributed by atoms with Crippen LogP contribution in [0.4, 0.5) is 0 Å². The number of rotatable bonds is 3. The first-order chi connectivity index (χ1) is 5.49. The quantitative estimate of drug-likeness (QED) is 0.345. The Morgan fingerprint density at radius 2 is 2.00 bits per heavy atom. The van der Waals surface area contributed by atoms with Crippen LogP contribution >= 0.6 is 0 Å². The van der Waals surface area contributed by atoms with Gasteiger partial charge in [0.1, 0.15) is 6.34 Å². The number of allylic oxidation sites excluding steroid dienone is 1. The molecular formula is C9H17BN2. The van der Waals surface area contributed by atoms with E-state index < -0.39 is 0 Å². The van der Waals surface area contributed by atoms with E-state index in [2.05, 4.69) is 37.3 Å². The topological polar surface area (TPSA) is 24.7 Å². The van der Waals surface area contributed by atoms with Gasteiger partial charge in [0.15, 0.2) is 7.28 Å². The number of aliphatic imine (C=N–C) groups is 2. The van der Waals surface area contributed by atoms with Crippen LogP contribution in [-0.2, 0) is 0 Å². The molecule has 0 aromatic carbocycles. The molecule has 0 aromatic heterocycles. The first-order valence-electron chi connectivity index (χ1n) is 4.09. The molecule has 66 valence electrons. The third-order valence-electron chi connectivity index (χ3n) is 1.29. The molecule has 0 radical (unpaired) electrons. The molecule has 0 aliphatic heterocycles. The Labute approximate surface area is 75.7 Å². The smallest absolute Gasteiger partial charge is 0.187 e. The molecule has 0 saturated carbocycles. The standard InChI is InChI=1S/C9H17BN2/c1-6-8(12-7-11-5)10-9(2,3)4/h6-7,10H,1H2,2-5H3/b11-7-,12-8+. The lowest BCUT2D eigenvalue weighted by molar-refractivity contribution is 0.761. The van der Waals surface area contributed by atoms with Crippen LogP contribution in [0.15, 0.2) is 22.6 Å². The maximum Gasteiger partial charge on any atom is 0.187 e. The van der Waals surface area contributed by atoms with Gasteiger partial charge in [-0.15, -0.1) is 0 Å². The summed E-state index contributed by atoms with van der Waals surface area (Å²) in [5.74, 6) is 0. The summed E-state index contributed by atoms with van der Waals surface area (Å²) in [6, 6.07) is 0. The molecule has 0 amide bonds. The molecule has 12 heavy (non-hydrogen) atoms. The summed E-state index contributed by atoms with van der Waals surface area (Å²) in [7, 11) is 2.64. The lowest BCUT2D eigenvalue weighted by Crippen LogP contribution is -2.17. The fraction of sp³-hybridized carbons (Fsp3) is 0.556. The van der Waals surface area contributed by atoms with Crippen LogP contribution in [0, 0.1) is 0 Å². The van der Waals surface area contributed by atoms with Crippen molar-refractivity contribution in [3.8, 4) is 0 Å². The summed E-state index contributed by atoms with van der Waals surface area (Å²) < 4.78 is 0. The minimum absolute atomic E-state index is 0.259. The molecule has 0 saturated heterocycles. The van der Waals surface area contributed by atoms with Crippen molar-refractivity contribution in [2.45, 2.75) is 26.1 Å². The molecule has 3 heteroatoms. The second kappa shape index (κ2) is 4.91. The highest BCUT2D eigenvalue weighted by Gasteiger charge is 2.14. The van der Waals surface area contributed by atoms with E-state index >= 15 is 0 Å². The molecule has 0 unspecified atom stereocenters. The van der Waals surface area contributed by atoms with Crippen LogP contribution in [0.2, 0.25) is 5.31 Å². The molecule has 0 aliphatic rings. The molecule has 0 heterocycles. The first kappa shape index (κ1) is 11.1. The average Bonchev–Trinajstić information content (AvgIpc) is 1.95. The van der Waals surface area contributed by atoms with Crippen molar-refractivity contribution < 1.29 is 0 Å². The monoisotopic (exact) mass is 164 g/mol. The normalized spacial score (nSPS) is 13.5. The number of nitrogens with zero attached hydrogens (tertiary/aromatic N) is 2. The summed E-state index contributed by atoms with van der Waals surface area (Å²) >= 11 is 0. The Balaban J connectivity index is 4.28. The third kappa shape index (κ3) is 5.89. The van der Waals surface area contributed by atoms with Gasteiger partial charge >= 0.3 is 0 Å². The van der Waals surface area contributed by atoms with Crippen LogP contribution < -0.4 is 0 Å². The zero-order chi connectivity index (χ0) is 9.61. The van der Waals surface area contributed by atoms with Gasteiger partial charge in [-0.2, -0.15) is 0 Å². The van der Waals surface area contributed by atoms with E-state index in [9.17, 15) is 0 Å². The van der Waals surface area contributed by atoms with Gasteiger partial charge in [0.25, 0.3) is 0 Å². The highest BCUT2D eigenvalue weighted by molar-refractivity contribution is 6.80. The summed E-state index contributed by atoms with van der Waals surface area (Å²) in [4.78, 5) is 7.95. The first-order valence-corrected chi connectivity index (χ1v) is 4.09. The lowest BCUT2D eigenvalue weighted by Gasteiger charge is -2.15. The van der Waals surface area contributed by atoms with Crippen LogP contribution in [0.3, 0.4) is 0 Å². The number of hydrogen-bond donors (Lipinski definition) is 0. The Morgan fingerprint density at radius 3 is 2.33 bits per heavy atom. The van der Waals surface area contributed by atoms with E-state index in [1.54, 1.807) is 19.5 Å². The molecular weight excluding hydrogens is 147 g/mol. The maximum absolute atomic E-state index is 4.15. The van der Waals surface area contributed by atoms with Gasteiger partial charge in [-0.3, -0.25) is 9.98 Å². The summed E-state index contributed by atoms with van der Waals surface area (Å²) in [6.45, 7) is 10.2. The minimum atomic E-state index is 0.259. The predicted octanol–water partition coefficient (Wildman–Crippen LogP) is 1.88. The highest BCUT2D eigenvalue weighted by Crippen LogP contribution is 2.20. The second-order valence-electron chi connectivity index (χ2n) is 3.94. The zero-order valence-corrected chi connectivity index (χ0v) is 8.46. The lowest BCUT2D eigenvalue weighted by atomic mass is 9.52. The van der Waals surface area contributed by atoms with Crippen molar-refractivity contribution in [1.29, 1.82) is 0 Å². The van der Waals surface area contributed by atoms with Crippen LogP contribution in [0.5, 0.6) is 0 Å². The van der Waals surface area contributed by atoms with Crippen molar-refractivity contribution in [2.24, 2.45) is 9.98 Å². The van der Waals surface area contributed by atoms with Crippen molar-refractivity contribution in [3.63, 3.8) is 0 Å². The Hall–Kier alpha value is -0.855. The van der Waals surface area contributed by atoms with Crippen molar-refractivity contribution >= 4 is 19.2 Å². The summed E-state index contributed by atoms with van der Waals surface area (Å²) in [6.07, 6.45) is 3.34. The van der Waals surface area contributed by atoms with Gasteiger partial charge in [0.05, 0.1) is 0 Å². The largest absolute Gasteiger partial charge is 0.277 e. The van der Waals surface area contributed by atoms with E-state index in [1.807, 2.05) is 0 Å². The maximum atomic E-state index is 4.15. The zero-order valence-electron chi connectivity index (χ0n) is 8.46. The van der Waals surface area contributed by atoms with E-state index in [4.69, 9.17) is 0 Å². The molecule has 0 N–H and O–H groups in total. The molecule has 0 atom stereocenters. The van der Waals surface area contributed by atoms with Gasteiger partial charge in [0, 0.05) is 12.7 Å². The van der Waals surface area contributed by atoms with E-state index in [1.165, 1.54) is 0 Å². The summed E-state index contributed by atoms with van der Waals surface area (Å²) in [5, 5.41) is 0.259. The molecule has 0 spiro atoms. The van der Waals surface area contributed by atoms with Crippen LogP contribution in [0.25, 0.3) is 0 Å². The fourth-order valence-corrected chi connectivity index (χ4v) is 0.846. The molecule has 0 rings (SSSR count). The fourth-order valence-electron chi connectivity index (χ4n) is 0.846. The average molecular weight is 164 g/mol. The van der Waals surface area contributed by atoms with E-state index in [0.29, 0.717) is 0 Å². The minimum Gasteiger partial charge on any atom is -0.277 e. The number of hydrogen-bond acceptors (Lipinski definition) is 1. The third-order valence-corrected chi connectivity index (χ3v) is 1.29. The Morgan fingerprint density at radius 1 is 1.42 bits per heavy atom. The SMILES string of the molecule is C=C/C(BC(C)(C)C)=N\C=N/C. The summed E-state index contributed by atoms with van der Waals surface area (Å²) in [5.41, 5.74) is 0.994. The van der Waals surface area contributed by atoms with Crippen molar-refractivity contribution in [1.82, 2.24) is 0 Å². The van der Waals surface area contributed by atoms with Gasteiger partial charge < -0.3 is 0 Å². The van der Waals surface area contributed by atoms with Gasteiger partial charge in [-0.1, -0.05) is 38.7 Å². The van der Waals surface area contributed by atoms with Crippen LogP contribution in [0.1, 0.15) is 20.8 Å². The Bertz CT molecular complexity index is 199. The van der Waals surface area contributed by atoms with Crippen molar-refractivity contribution in [3.05, 3.63) is 12.7 Å². The van der Waals surface area contributed by atoms with Gasteiger partial charge in [-0.25, -0.2) is 0 Å². The molecule has 0 aliphatic carbocycles. The molecule has 0 aromatic rings.